The van der Waals surface area contributed by atoms with E-state index in [9.17, 15) is 0 Å². The van der Waals surface area contributed by atoms with Crippen LogP contribution < -0.4 is 0 Å². The zero-order valence-corrected chi connectivity index (χ0v) is 7.02. The highest BCUT2D eigenvalue weighted by molar-refractivity contribution is 5.84. The second-order valence-corrected chi connectivity index (χ2v) is 2.88. The van der Waals surface area contributed by atoms with Gasteiger partial charge in [0.2, 0.25) is 0 Å². The third kappa shape index (κ3) is 0.729. The van der Waals surface area contributed by atoms with E-state index in [1.807, 2.05) is 17.5 Å². The smallest absolute Gasteiger partial charge is 0.182 e. The molecule has 64 valence electrons. The first-order valence-electron chi connectivity index (χ1n) is 3.99. The standard InChI is InChI=1S/C8H7N5/c1-5-12-7-6(10-4-11-7)8-9-2-3-13(5)8/h2-4H,1H3,(H,10,11). The number of rotatable bonds is 0. The van der Waals surface area contributed by atoms with Gasteiger partial charge in [0.05, 0.1) is 6.33 Å². The van der Waals surface area contributed by atoms with Crippen LogP contribution in [0.15, 0.2) is 18.7 Å². The summed E-state index contributed by atoms with van der Waals surface area (Å²) >= 11 is 0. The van der Waals surface area contributed by atoms with Gasteiger partial charge in [0.15, 0.2) is 11.3 Å². The molecule has 3 aromatic heterocycles. The zero-order chi connectivity index (χ0) is 8.84. The average molecular weight is 173 g/mol. The summed E-state index contributed by atoms with van der Waals surface area (Å²) in [6.45, 7) is 1.93. The lowest BCUT2D eigenvalue weighted by Crippen LogP contribution is -1.95. The van der Waals surface area contributed by atoms with Crippen molar-refractivity contribution in [2.24, 2.45) is 0 Å². The Hall–Kier alpha value is -1.91. The molecule has 0 radical (unpaired) electrons. The minimum absolute atomic E-state index is 0.719. The molecule has 0 fully saturated rings. The van der Waals surface area contributed by atoms with Gasteiger partial charge in [-0.05, 0) is 6.92 Å². The van der Waals surface area contributed by atoms with Gasteiger partial charge in [0.25, 0.3) is 0 Å². The van der Waals surface area contributed by atoms with Crippen molar-refractivity contribution in [2.75, 3.05) is 0 Å². The molecule has 3 heterocycles. The third-order valence-electron chi connectivity index (χ3n) is 2.10. The minimum atomic E-state index is 0.719. The van der Waals surface area contributed by atoms with Crippen LogP contribution in [0.5, 0.6) is 0 Å². The monoisotopic (exact) mass is 173 g/mol. The summed E-state index contributed by atoms with van der Waals surface area (Å²) in [7, 11) is 0. The van der Waals surface area contributed by atoms with E-state index in [2.05, 4.69) is 19.9 Å². The number of aromatic amines is 1. The van der Waals surface area contributed by atoms with E-state index in [1.165, 1.54) is 0 Å². The summed E-state index contributed by atoms with van der Waals surface area (Å²) in [5.74, 6) is 0.895. The van der Waals surface area contributed by atoms with Crippen LogP contribution in [-0.2, 0) is 0 Å². The molecule has 0 spiro atoms. The molecular weight excluding hydrogens is 166 g/mol. The Morgan fingerprint density at radius 2 is 2.31 bits per heavy atom. The van der Waals surface area contributed by atoms with E-state index < -0.39 is 0 Å². The molecule has 3 rings (SSSR count). The van der Waals surface area contributed by atoms with Crippen LogP contribution in [0.4, 0.5) is 0 Å². The molecular formula is C8H7N5. The Morgan fingerprint density at radius 1 is 1.38 bits per heavy atom. The van der Waals surface area contributed by atoms with Gasteiger partial charge in [-0.25, -0.2) is 15.0 Å². The van der Waals surface area contributed by atoms with Gasteiger partial charge in [0.1, 0.15) is 11.3 Å². The van der Waals surface area contributed by atoms with Gasteiger partial charge in [-0.2, -0.15) is 0 Å². The van der Waals surface area contributed by atoms with Crippen molar-refractivity contribution in [1.82, 2.24) is 24.3 Å². The van der Waals surface area contributed by atoms with Crippen LogP contribution >= 0.6 is 0 Å². The van der Waals surface area contributed by atoms with Crippen LogP contribution in [0.2, 0.25) is 0 Å². The molecule has 0 saturated heterocycles. The minimum Gasteiger partial charge on any atom is -0.340 e. The Kier molecular flexibility index (Phi) is 1.05. The molecule has 0 aliphatic heterocycles. The van der Waals surface area contributed by atoms with Crippen molar-refractivity contribution in [1.29, 1.82) is 0 Å². The summed E-state index contributed by atoms with van der Waals surface area (Å²) in [4.78, 5) is 15.7. The third-order valence-corrected chi connectivity index (χ3v) is 2.10. The summed E-state index contributed by atoms with van der Waals surface area (Å²) < 4.78 is 1.93. The molecule has 0 atom stereocenters. The normalized spacial score (nSPS) is 11.5. The fourth-order valence-corrected chi connectivity index (χ4v) is 1.49. The first-order valence-corrected chi connectivity index (χ1v) is 3.99. The SMILES string of the molecule is Cc1nc2nc[nH]c2c2nccn12. The lowest BCUT2D eigenvalue weighted by molar-refractivity contribution is 1.01. The second-order valence-electron chi connectivity index (χ2n) is 2.88. The highest BCUT2D eigenvalue weighted by Gasteiger charge is 2.06. The van der Waals surface area contributed by atoms with Gasteiger partial charge >= 0.3 is 0 Å². The van der Waals surface area contributed by atoms with E-state index in [0.717, 1.165) is 22.6 Å². The number of aryl methyl sites for hydroxylation is 1. The number of imidazole rings is 2. The molecule has 13 heavy (non-hydrogen) atoms. The number of hydrogen-bond acceptors (Lipinski definition) is 3. The molecule has 3 aromatic rings. The number of nitrogens with one attached hydrogen (secondary N) is 1. The highest BCUT2D eigenvalue weighted by atomic mass is 15.1. The molecule has 1 N–H and O–H groups in total. The van der Waals surface area contributed by atoms with Crippen LogP contribution in [0.1, 0.15) is 5.82 Å². The van der Waals surface area contributed by atoms with Crippen LogP contribution in [0.3, 0.4) is 0 Å². The largest absolute Gasteiger partial charge is 0.340 e. The van der Waals surface area contributed by atoms with Crippen molar-refractivity contribution in [3.05, 3.63) is 24.5 Å². The highest BCUT2D eigenvalue weighted by Crippen LogP contribution is 2.13. The zero-order valence-electron chi connectivity index (χ0n) is 7.02. The van der Waals surface area contributed by atoms with Crippen molar-refractivity contribution >= 4 is 16.8 Å². The summed E-state index contributed by atoms with van der Waals surface area (Å²) in [6.07, 6.45) is 5.27. The van der Waals surface area contributed by atoms with Crippen LogP contribution in [0.25, 0.3) is 16.8 Å². The molecule has 0 aromatic carbocycles. The molecule has 0 aliphatic rings. The maximum atomic E-state index is 4.32. The number of hydrogen-bond donors (Lipinski definition) is 1. The Labute approximate surface area is 73.5 Å². The summed E-state index contributed by atoms with van der Waals surface area (Å²) in [5, 5.41) is 0. The van der Waals surface area contributed by atoms with E-state index in [0.29, 0.717) is 0 Å². The number of H-pyrrole nitrogens is 1. The molecule has 0 aliphatic carbocycles. The predicted molar refractivity (Wildman–Crippen MR) is 47.4 cm³/mol. The van der Waals surface area contributed by atoms with Gasteiger partial charge in [-0.3, -0.25) is 4.40 Å². The Bertz CT molecular complexity index is 576. The molecule has 5 nitrogen and oxygen atoms in total. The van der Waals surface area contributed by atoms with Crippen LogP contribution in [0, 0.1) is 6.92 Å². The van der Waals surface area contributed by atoms with Crippen molar-refractivity contribution in [2.45, 2.75) is 6.92 Å². The topological polar surface area (TPSA) is 58.9 Å². The lowest BCUT2D eigenvalue weighted by Gasteiger charge is -1.97. The molecule has 5 heteroatoms. The number of aromatic nitrogens is 5. The van der Waals surface area contributed by atoms with E-state index in [1.54, 1.807) is 12.5 Å². The summed E-state index contributed by atoms with van der Waals surface area (Å²) in [5.41, 5.74) is 2.48. The van der Waals surface area contributed by atoms with E-state index in [-0.39, 0.29) is 0 Å². The van der Waals surface area contributed by atoms with Crippen molar-refractivity contribution in [3.63, 3.8) is 0 Å². The summed E-state index contributed by atoms with van der Waals surface area (Å²) in [6, 6.07) is 0. The first-order chi connectivity index (χ1) is 6.36. The fraction of sp³-hybridized carbons (Fsp3) is 0.125. The average Bonchev–Trinajstić information content (AvgIpc) is 2.66. The molecule has 0 bridgehead atoms. The lowest BCUT2D eigenvalue weighted by atomic mass is 10.5. The van der Waals surface area contributed by atoms with Crippen molar-refractivity contribution < 1.29 is 0 Å². The predicted octanol–water partition coefficient (Wildman–Crippen LogP) is 0.914. The number of fused-ring (bicyclic) bond motifs is 3. The first kappa shape index (κ1) is 6.59. The van der Waals surface area contributed by atoms with Gasteiger partial charge < -0.3 is 4.98 Å². The molecule has 0 saturated carbocycles. The Balaban J connectivity index is 2.70. The van der Waals surface area contributed by atoms with E-state index >= 15 is 0 Å². The number of nitrogens with zero attached hydrogens (tertiary/aromatic N) is 4. The molecule has 0 unspecified atom stereocenters. The fourth-order valence-electron chi connectivity index (χ4n) is 1.49. The maximum Gasteiger partial charge on any atom is 0.182 e. The second kappa shape index (κ2) is 2.07. The van der Waals surface area contributed by atoms with Crippen LogP contribution in [-0.4, -0.2) is 24.3 Å². The van der Waals surface area contributed by atoms with Gasteiger partial charge in [0, 0.05) is 12.4 Å². The quantitative estimate of drug-likeness (QED) is 0.549. The van der Waals surface area contributed by atoms with Gasteiger partial charge in [-0.15, -0.1) is 0 Å². The van der Waals surface area contributed by atoms with Gasteiger partial charge in [-0.1, -0.05) is 0 Å². The molecule has 0 amide bonds. The van der Waals surface area contributed by atoms with E-state index in [4.69, 9.17) is 0 Å². The van der Waals surface area contributed by atoms with Crippen molar-refractivity contribution in [3.8, 4) is 0 Å². The maximum absolute atomic E-state index is 4.32. The Morgan fingerprint density at radius 3 is 3.23 bits per heavy atom.